The van der Waals surface area contributed by atoms with Gasteiger partial charge in [-0.05, 0) is 38.5 Å². The van der Waals surface area contributed by atoms with Gasteiger partial charge in [0, 0.05) is 31.2 Å². The number of carbonyl (C=O) groups is 1. The van der Waals surface area contributed by atoms with Crippen LogP contribution in [0.4, 0.5) is 0 Å². The molecule has 5 heteroatoms. The Balaban J connectivity index is 0.00000200. The molecule has 0 saturated carbocycles. The van der Waals surface area contributed by atoms with Crippen molar-refractivity contribution in [1.29, 1.82) is 0 Å². The van der Waals surface area contributed by atoms with Crippen LogP contribution in [-0.4, -0.2) is 43.1 Å². The highest BCUT2D eigenvalue weighted by Crippen LogP contribution is 2.21. The number of amides is 1. The van der Waals surface area contributed by atoms with E-state index in [9.17, 15) is 4.79 Å². The third-order valence-electron chi connectivity index (χ3n) is 3.50. The number of aryl methyl sites for hydroxylation is 1. The molecule has 1 atom stereocenters. The first-order chi connectivity index (χ1) is 9.13. The van der Waals surface area contributed by atoms with Crippen LogP contribution in [0.15, 0.2) is 18.2 Å². The second kappa shape index (κ2) is 7.50. The summed E-state index contributed by atoms with van der Waals surface area (Å²) < 4.78 is 5.56. The van der Waals surface area contributed by atoms with E-state index in [2.05, 4.69) is 12.2 Å². The van der Waals surface area contributed by atoms with Gasteiger partial charge in [-0.25, -0.2) is 0 Å². The molecule has 1 aromatic rings. The zero-order chi connectivity index (χ0) is 13.8. The van der Waals surface area contributed by atoms with E-state index in [1.807, 2.05) is 36.9 Å². The van der Waals surface area contributed by atoms with E-state index in [0.717, 1.165) is 30.9 Å². The highest BCUT2D eigenvalue weighted by Gasteiger charge is 2.24. The van der Waals surface area contributed by atoms with Crippen molar-refractivity contribution in [1.82, 2.24) is 10.2 Å². The predicted molar refractivity (Wildman–Crippen MR) is 83.0 cm³/mol. The fraction of sp³-hybridized carbons (Fsp3) is 0.533. The molecule has 1 heterocycles. The number of nitrogens with one attached hydrogen (secondary N) is 1. The average Bonchev–Trinajstić information content (AvgIpc) is 2.41. The fourth-order valence-electron chi connectivity index (χ4n) is 2.35. The molecule has 0 aromatic heterocycles. The minimum Gasteiger partial charge on any atom is -0.494 e. The van der Waals surface area contributed by atoms with Crippen LogP contribution in [0.2, 0.25) is 0 Å². The monoisotopic (exact) mass is 298 g/mol. The van der Waals surface area contributed by atoms with Crippen LogP contribution in [0.3, 0.4) is 0 Å². The van der Waals surface area contributed by atoms with Gasteiger partial charge in [-0.15, -0.1) is 12.4 Å². The summed E-state index contributed by atoms with van der Waals surface area (Å²) in [6, 6.07) is 5.92. The Bertz CT molecular complexity index is 465. The van der Waals surface area contributed by atoms with E-state index in [-0.39, 0.29) is 24.4 Å². The molecule has 0 spiro atoms. The van der Waals surface area contributed by atoms with Gasteiger partial charge in [0.15, 0.2) is 0 Å². The maximum atomic E-state index is 12.5. The maximum Gasteiger partial charge on any atom is 0.254 e. The van der Waals surface area contributed by atoms with Gasteiger partial charge >= 0.3 is 0 Å². The molecule has 1 N–H and O–H groups in total. The summed E-state index contributed by atoms with van der Waals surface area (Å²) >= 11 is 0. The van der Waals surface area contributed by atoms with Gasteiger partial charge in [0.25, 0.3) is 5.91 Å². The van der Waals surface area contributed by atoms with Gasteiger partial charge in [-0.3, -0.25) is 4.79 Å². The molecule has 0 radical (unpaired) electrons. The van der Waals surface area contributed by atoms with Crippen LogP contribution >= 0.6 is 12.4 Å². The molecule has 0 aliphatic carbocycles. The maximum absolute atomic E-state index is 12.5. The highest BCUT2D eigenvalue weighted by molar-refractivity contribution is 5.95. The number of piperazine rings is 1. The summed E-state index contributed by atoms with van der Waals surface area (Å²) in [6.07, 6.45) is 0. The van der Waals surface area contributed by atoms with Crippen LogP contribution in [0, 0.1) is 6.92 Å². The minimum absolute atomic E-state index is 0. The lowest BCUT2D eigenvalue weighted by molar-refractivity contribution is 0.0655. The van der Waals surface area contributed by atoms with Crippen molar-refractivity contribution in [3.05, 3.63) is 29.3 Å². The zero-order valence-electron chi connectivity index (χ0n) is 12.3. The molecule has 1 aliphatic heterocycles. The highest BCUT2D eigenvalue weighted by atomic mass is 35.5. The molecule has 0 bridgehead atoms. The van der Waals surface area contributed by atoms with E-state index in [4.69, 9.17) is 4.74 Å². The number of ether oxygens (including phenoxy) is 1. The molecule has 4 nitrogen and oxygen atoms in total. The molecule has 1 amide bonds. The molecule has 112 valence electrons. The quantitative estimate of drug-likeness (QED) is 0.930. The summed E-state index contributed by atoms with van der Waals surface area (Å²) in [7, 11) is 0. The Hall–Kier alpha value is -1.26. The van der Waals surface area contributed by atoms with E-state index in [1.165, 1.54) is 0 Å². The Labute approximate surface area is 126 Å². The first kappa shape index (κ1) is 16.8. The summed E-state index contributed by atoms with van der Waals surface area (Å²) in [5.41, 5.74) is 1.77. The summed E-state index contributed by atoms with van der Waals surface area (Å²) in [6.45, 7) is 9.11. The second-order valence-electron chi connectivity index (χ2n) is 4.96. The second-order valence-corrected chi connectivity index (χ2v) is 4.96. The van der Waals surface area contributed by atoms with Crippen LogP contribution in [0.5, 0.6) is 5.75 Å². The standard InChI is InChI=1S/C15H22N2O2.ClH/c1-4-19-14-9-13(6-5-11(14)2)15(18)17-8-7-16-10-12(17)3;/h5-6,9,12,16H,4,7-8,10H2,1-3H3;1H/t12-;/m1./s1. The van der Waals surface area contributed by atoms with E-state index < -0.39 is 0 Å². The number of nitrogens with zero attached hydrogens (tertiary/aromatic N) is 1. The van der Waals surface area contributed by atoms with E-state index in [0.29, 0.717) is 12.2 Å². The number of hydrogen-bond donors (Lipinski definition) is 1. The summed E-state index contributed by atoms with van der Waals surface area (Å²) in [4.78, 5) is 14.4. The third kappa shape index (κ3) is 3.64. The lowest BCUT2D eigenvalue weighted by Gasteiger charge is -2.34. The van der Waals surface area contributed by atoms with Crippen LogP contribution in [-0.2, 0) is 0 Å². The summed E-state index contributed by atoms with van der Waals surface area (Å²) in [5.74, 6) is 0.895. The molecular weight excluding hydrogens is 276 g/mol. The predicted octanol–water partition coefficient (Wildman–Crippen LogP) is 2.25. The van der Waals surface area contributed by atoms with Crippen molar-refractivity contribution in [2.45, 2.75) is 26.8 Å². The molecular formula is C15H23ClN2O2. The molecule has 1 fully saturated rings. The van der Waals surface area contributed by atoms with Gasteiger partial charge in [-0.1, -0.05) is 6.07 Å². The van der Waals surface area contributed by atoms with E-state index in [1.54, 1.807) is 0 Å². The van der Waals surface area contributed by atoms with Gasteiger partial charge in [0.05, 0.1) is 6.61 Å². The van der Waals surface area contributed by atoms with Crippen LogP contribution < -0.4 is 10.1 Å². The minimum atomic E-state index is 0. The number of benzene rings is 1. The topological polar surface area (TPSA) is 41.6 Å². The molecule has 1 saturated heterocycles. The number of rotatable bonds is 3. The molecule has 20 heavy (non-hydrogen) atoms. The third-order valence-corrected chi connectivity index (χ3v) is 3.50. The Kier molecular flexibility index (Phi) is 6.30. The number of carbonyl (C=O) groups excluding carboxylic acids is 1. The van der Waals surface area contributed by atoms with Gasteiger partial charge < -0.3 is 15.0 Å². The molecule has 1 aliphatic rings. The fourth-order valence-corrected chi connectivity index (χ4v) is 2.35. The molecule has 1 aromatic carbocycles. The SMILES string of the molecule is CCOc1cc(C(=O)N2CCNC[C@H]2C)ccc1C.Cl. The Morgan fingerprint density at radius 3 is 2.90 bits per heavy atom. The normalized spacial score (nSPS) is 18.4. The number of halogens is 1. The molecule has 0 unspecified atom stereocenters. The molecule has 2 rings (SSSR count). The number of hydrogen-bond acceptors (Lipinski definition) is 3. The zero-order valence-corrected chi connectivity index (χ0v) is 13.1. The lowest BCUT2D eigenvalue weighted by atomic mass is 10.1. The van der Waals surface area contributed by atoms with Gasteiger partial charge in [-0.2, -0.15) is 0 Å². The van der Waals surface area contributed by atoms with E-state index >= 15 is 0 Å². The van der Waals surface area contributed by atoms with Crippen LogP contribution in [0.1, 0.15) is 29.8 Å². The van der Waals surface area contributed by atoms with Crippen molar-refractivity contribution >= 4 is 18.3 Å². The van der Waals surface area contributed by atoms with Crippen molar-refractivity contribution in [3.63, 3.8) is 0 Å². The largest absolute Gasteiger partial charge is 0.494 e. The van der Waals surface area contributed by atoms with Crippen molar-refractivity contribution in [2.75, 3.05) is 26.2 Å². The Morgan fingerprint density at radius 2 is 2.25 bits per heavy atom. The lowest BCUT2D eigenvalue weighted by Crippen LogP contribution is -2.52. The van der Waals surface area contributed by atoms with Crippen molar-refractivity contribution in [3.8, 4) is 5.75 Å². The first-order valence-corrected chi connectivity index (χ1v) is 6.88. The first-order valence-electron chi connectivity index (χ1n) is 6.88. The van der Waals surface area contributed by atoms with Gasteiger partial charge in [0.1, 0.15) is 5.75 Å². The Morgan fingerprint density at radius 1 is 1.50 bits per heavy atom. The average molecular weight is 299 g/mol. The summed E-state index contributed by atoms with van der Waals surface area (Å²) in [5, 5.41) is 3.29. The van der Waals surface area contributed by atoms with Crippen molar-refractivity contribution in [2.24, 2.45) is 0 Å². The van der Waals surface area contributed by atoms with Gasteiger partial charge in [0.2, 0.25) is 0 Å². The smallest absolute Gasteiger partial charge is 0.254 e. The van der Waals surface area contributed by atoms with Crippen molar-refractivity contribution < 1.29 is 9.53 Å². The van der Waals surface area contributed by atoms with Crippen LogP contribution in [0.25, 0.3) is 0 Å².